The van der Waals surface area contributed by atoms with Crippen LogP contribution in [-0.4, -0.2) is 22.0 Å². The molecular formula is C25H16N4O5. The van der Waals surface area contributed by atoms with Crippen molar-refractivity contribution >= 4 is 39.6 Å². The first-order valence-corrected chi connectivity index (χ1v) is 10.2. The number of nitrogens with zero attached hydrogens (tertiary/aromatic N) is 3. The molecule has 5 rings (SSSR count). The number of amides is 1. The average Bonchev–Trinajstić information content (AvgIpc) is 3.31. The first kappa shape index (κ1) is 20.8. The van der Waals surface area contributed by atoms with E-state index in [0.717, 1.165) is 27.9 Å². The van der Waals surface area contributed by atoms with Crippen molar-refractivity contribution in [3.05, 3.63) is 106 Å². The van der Waals surface area contributed by atoms with E-state index in [9.17, 15) is 14.9 Å². The van der Waals surface area contributed by atoms with Gasteiger partial charge in [0, 0.05) is 17.5 Å². The third-order valence-corrected chi connectivity index (χ3v) is 5.06. The lowest BCUT2D eigenvalue weighted by atomic mass is 10.1. The van der Waals surface area contributed by atoms with Crippen LogP contribution in [0.2, 0.25) is 0 Å². The van der Waals surface area contributed by atoms with Crippen molar-refractivity contribution in [3.63, 3.8) is 0 Å². The SMILES string of the molecule is O=C(N/N=C/c1ccc(Oc2ccc([N+](=O)[O-])cn2)cc1)c1cc2c(ccc3ccccc32)o1. The first-order valence-electron chi connectivity index (χ1n) is 10.2. The van der Waals surface area contributed by atoms with E-state index in [-0.39, 0.29) is 17.3 Å². The molecule has 2 aromatic heterocycles. The van der Waals surface area contributed by atoms with Gasteiger partial charge in [-0.2, -0.15) is 5.10 Å². The summed E-state index contributed by atoms with van der Waals surface area (Å²) in [6, 6.07) is 23.0. The molecule has 9 heteroatoms. The second-order valence-electron chi connectivity index (χ2n) is 7.29. The van der Waals surface area contributed by atoms with Crippen LogP contribution in [0.1, 0.15) is 16.1 Å². The van der Waals surface area contributed by atoms with Crippen LogP contribution >= 0.6 is 0 Å². The molecule has 0 bridgehead atoms. The molecule has 0 saturated heterocycles. The van der Waals surface area contributed by atoms with Crippen LogP contribution in [0.25, 0.3) is 21.7 Å². The second-order valence-corrected chi connectivity index (χ2v) is 7.29. The predicted octanol–water partition coefficient (Wildman–Crippen LogP) is 5.45. The van der Waals surface area contributed by atoms with Crippen molar-refractivity contribution < 1.29 is 18.9 Å². The molecule has 2 heterocycles. The summed E-state index contributed by atoms with van der Waals surface area (Å²) >= 11 is 0. The van der Waals surface area contributed by atoms with E-state index in [2.05, 4.69) is 15.5 Å². The molecule has 0 saturated carbocycles. The van der Waals surface area contributed by atoms with Gasteiger partial charge < -0.3 is 9.15 Å². The third kappa shape index (κ3) is 4.30. The van der Waals surface area contributed by atoms with Gasteiger partial charge in [0.1, 0.15) is 17.5 Å². The lowest BCUT2D eigenvalue weighted by Gasteiger charge is -2.04. The highest BCUT2D eigenvalue weighted by Crippen LogP contribution is 2.28. The zero-order valence-corrected chi connectivity index (χ0v) is 17.5. The van der Waals surface area contributed by atoms with Crippen molar-refractivity contribution in [2.24, 2.45) is 5.10 Å². The predicted molar refractivity (Wildman–Crippen MR) is 126 cm³/mol. The Hall–Kier alpha value is -5.05. The summed E-state index contributed by atoms with van der Waals surface area (Å²) < 4.78 is 11.3. The molecule has 0 radical (unpaired) electrons. The minimum Gasteiger partial charge on any atom is -0.451 e. The van der Waals surface area contributed by atoms with Crippen LogP contribution < -0.4 is 10.2 Å². The van der Waals surface area contributed by atoms with E-state index in [0.29, 0.717) is 11.3 Å². The lowest BCUT2D eigenvalue weighted by molar-refractivity contribution is -0.385. The summed E-state index contributed by atoms with van der Waals surface area (Å²) in [7, 11) is 0. The number of ether oxygens (including phenoxy) is 1. The molecule has 0 aliphatic carbocycles. The van der Waals surface area contributed by atoms with E-state index in [1.165, 1.54) is 18.3 Å². The minimum absolute atomic E-state index is 0.114. The van der Waals surface area contributed by atoms with Crippen molar-refractivity contribution in [3.8, 4) is 11.6 Å². The van der Waals surface area contributed by atoms with Gasteiger partial charge in [0.2, 0.25) is 5.88 Å². The van der Waals surface area contributed by atoms with E-state index in [4.69, 9.17) is 9.15 Å². The average molecular weight is 452 g/mol. The summed E-state index contributed by atoms with van der Waals surface area (Å²) in [5, 5.41) is 17.6. The first-order chi connectivity index (χ1) is 16.6. The van der Waals surface area contributed by atoms with Gasteiger partial charge in [-0.05, 0) is 52.7 Å². The fourth-order valence-corrected chi connectivity index (χ4v) is 3.41. The summed E-state index contributed by atoms with van der Waals surface area (Å²) in [5.74, 6) is 0.443. The molecule has 0 atom stereocenters. The highest BCUT2D eigenvalue weighted by Gasteiger charge is 2.13. The number of fused-ring (bicyclic) bond motifs is 3. The molecule has 1 N–H and O–H groups in total. The quantitative estimate of drug-likeness (QED) is 0.208. The third-order valence-electron chi connectivity index (χ3n) is 5.06. The summed E-state index contributed by atoms with van der Waals surface area (Å²) in [6.45, 7) is 0. The number of nitrogens with one attached hydrogen (secondary N) is 1. The zero-order valence-electron chi connectivity index (χ0n) is 17.5. The standard InChI is InChI=1S/C25H16N4O5/c30-25(23-13-21-20-4-2-1-3-17(20)7-11-22(21)34-23)28-27-14-16-5-9-19(10-6-16)33-24-12-8-18(15-26-24)29(31)32/h1-15H,(H,28,30)/b27-14+. The molecule has 9 nitrogen and oxygen atoms in total. The maximum Gasteiger partial charge on any atom is 0.307 e. The number of furan rings is 1. The monoisotopic (exact) mass is 452 g/mol. The van der Waals surface area contributed by atoms with Crippen LogP contribution in [-0.2, 0) is 0 Å². The van der Waals surface area contributed by atoms with Gasteiger partial charge in [0.25, 0.3) is 5.69 Å². The largest absolute Gasteiger partial charge is 0.451 e. The number of hydrogen-bond acceptors (Lipinski definition) is 7. The molecule has 166 valence electrons. The fraction of sp³-hybridized carbons (Fsp3) is 0. The van der Waals surface area contributed by atoms with Crippen LogP contribution in [0.5, 0.6) is 11.6 Å². The fourth-order valence-electron chi connectivity index (χ4n) is 3.41. The van der Waals surface area contributed by atoms with Crippen molar-refractivity contribution in [1.29, 1.82) is 0 Å². The van der Waals surface area contributed by atoms with E-state index < -0.39 is 10.8 Å². The molecule has 5 aromatic rings. The Balaban J connectivity index is 1.23. The maximum atomic E-state index is 12.5. The van der Waals surface area contributed by atoms with Gasteiger partial charge in [-0.15, -0.1) is 0 Å². The van der Waals surface area contributed by atoms with Crippen molar-refractivity contribution in [1.82, 2.24) is 10.4 Å². The molecule has 34 heavy (non-hydrogen) atoms. The highest BCUT2D eigenvalue weighted by molar-refractivity contribution is 6.08. The van der Waals surface area contributed by atoms with Gasteiger partial charge in [-0.25, -0.2) is 10.4 Å². The Bertz CT molecular complexity index is 1540. The maximum absolute atomic E-state index is 12.5. The Kier molecular flexibility index (Phi) is 5.41. The van der Waals surface area contributed by atoms with E-state index in [1.54, 1.807) is 30.3 Å². The summed E-state index contributed by atoms with van der Waals surface area (Å²) in [4.78, 5) is 26.5. The summed E-state index contributed by atoms with van der Waals surface area (Å²) in [6.07, 6.45) is 2.62. The van der Waals surface area contributed by atoms with Crippen LogP contribution in [0.4, 0.5) is 5.69 Å². The molecule has 0 aliphatic heterocycles. The van der Waals surface area contributed by atoms with Crippen LogP contribution in [0.15, 0.2) is 94.6 Å². The molecule has 0 spiro atoms. The minimum atomic E-state index is -0.528. The smallest absolute Gasteiger partial charge is 0.307 e. The van der Waals surface area contributed by atoms with Crippen molar-refractivity contribution in [2.75, 3.05) is 0 Å². The number of carbonyl (C=O) groups is 1. The molecular weight excluding hydrogens is 436 g/mol. The van der Waals surface area contributed by atoms with E-state index >= 15 is 0 Å². The number of hydrogen-bond donors (Lipinski definition) is 1. The van der Waals surface area contributed by atoms with Gasteiger partial charge >= 0.3 is 5.91 Å². The molecule has 0 aliphatic rings. The van der Waals surface area contributed by atoms with Gasteiger partial charge in [0.15, 0.2) is 5.76 Å². The van der Waals surface area contributed by atoms with Crippen LogP contribution in [0, 0.1) is 10.1 Å². The number of aromatic nitrogens is 1. The molecule has 0 fully saturated rings. The second kappa shape index (κ2) is 8.83. The number of carbonyl (C=O) groups excluding carboxylic acids is 1. The van der Waals surface area contributed by atoms with Crippen molar-refractivity contribution in [2.45, 2.75) is 0 Å². The molecule has 0 unspecified atom stereocenters. The number of hydrazone groups is 1. The van der Waals surface area contributed by atoms with Crippen LogP contribution in [0.3, 0.4) is 0 Å². The van der Waals surface area contributed by atoms with E-state index in [1.807, 2.05) is 36.4 Å². The summed E-state index contributed by atoms with van der Waals surface area (Å²) in [5.41, 5.74) is 3.70. The number of nitro groups is 1. The van der Waals surface area contributed by atoms with Gasteiger partial charge in [-0.3, -0.25) is 14.9 Å². The Morgan fingerprint density at radius 3 is 2.62 bits per heavy atom. The molecule has 1 amide bonds. The number of rotatable bonds is 6. The highest BCUT2D eigenvalue weighted by atomic mass is 16.6. The number of pyridine rings is 1. The van der Waals surface area contributed by atoms with Gasteiger partial charge in [-0.1, -0.05) is 30.3 Å². The van der Waals surface area contributed by atoms with Gasteiger partial charge in [0.05, 0.1) is 11.1 Å². The lowest BCUT2D eigenvalue weighted by Crippen LogP contribution is -2.16. The normalized spacial score (nSPS) is 11.2. The zero-order chi connectivity index (χ0) is 23.5. The Morgan fingerprint density at radius 2 is 1.85 bits per heavy atom. The number of benzene rings is 3. The molecule has 3 aromatic carbocycles. The topological polar surface area (TPSA) is 120 Å². The Labute approximate surface area is 192 Å². The Morgan fingerprint density at radius 1 is 1.03 bits per heavy atom.